The van der Waals surface area contributed by atoms with Crippen LogP contribution in [0.4, 0.5) is 0 Å². The van der Waals surface area contributed by atoms with E-state index in [4.69, 9.17) is 5.73 Å². The van der Waals surface area contributed by atoms with Gasteiger partial charge in [-0.1, -0.05) is 30.3 Å². The molecule has 1 aromatic heterocycles. The maximum atomic E-state index is 6.16. The average molecular weight is 213 g/mol. The molecule has 1 aromatic carbocycles. The lowest BCUT2D eigenvalue weighted by molar-refractivity contribution is 0.499. The van der Waals surface area contributed by atoms with Gasteiger partial charge < -0.3 is 5.73 Å². The van der Waals surface area contributed by atoms with Crippen molar-refractivity contribution in [2.75, 3.05) is 0 Å². The molecule has 0 aliphatic heterocycles. The highest BCUT2D eigenvalue weighted by Crippen LogP contribution is 2.36. The first-order valence-corrected chi connectivity index (χ1v) is 5.67. The summed E-state index contributed by atoms with van der Waals surface area (Å²) in [7, 11) is 0. The summed E-state index contributed by atoms with van der Waals surface area (Å²) < 4.78 is 0. The molecule has 3 nitrogen and oxygen atoms in total. The maximum Gasteiger partial charge on any atom is 0.0537 e. The van der Waals surface area contributed by atoms with Crippen LogP contribution in [0.3, 0.4) is 0 Å². The number of aromatic nitrogens is 2. The Bertz CT molecular complexity index is 475. The molecule has 0 saturated heterocycles. The lowest BCUT2D eigenvalue weighted by Gasteiger charge is -2.26. The van der Waals surface area contributed by atoms with Crippen LogP contribution in [0, 0.1) is 0 Å². The normalized spacial score (nSPS) is 24.1. The number of hydrogen-bond acceptors (Lipinski definition) is 2. The largest absolute Gasteiger partial charge is 0.324 e. The van der Waals surface area contributed by atoms with Crippen molar-refractivity contribution in [1.82, 2.24) is 10.2 Å². The van der Waals surface area contributed by atoms with Crippen LogP contribution in [0.2, 0.25) is 0 Å². The zero-order valence-electron chi connectivity index (χ0n) is 9.06. The van der Waals surface area contributed by atoms with Crippen molar-refractivity contribution in [2.45, 2.75) is 24.8 Å². The van der Waals surface area contributed by atoms with Crippen LogP contribution >= 0.6 is 0 Å². The lowest BCUT2D eigenvalue weighted by Crippen LogP contribution is -2.22. The van der Waals surface area contributed by atoms with E-state index in [1.807, 2.05) is 12.3 Å². The van der Waals surface area contributed by atoms with Crippen LogP contribution in [0.15, 0.2) is 36.5 Å². The van der Waals surface area contributed by atoms with Gasteiger partial charge in [0.05, 0.1) is 6.20 Å². The Kier molecular flexibility index (Phi) is 2.26. The van der Waals surface area contributed by atoms with E-state index in [-0.39, 0.29) is 6.04 Å². The second-order valence-electron chi connectivity index (χ2n) is 4.46. The Balaban J connectivity index is 1.92. The van der Waals surface area contributed by atoms with Crippen molar-refractivity contribution in [3.8, 4) is 0 Å². The predicted molar refractivity (Wildman–Crippen MR) is 63.0 cm³/mol. The van der Waals surface area contributed by atoms with E-state index >= 15 is 0 Å². The summed E-state index contributed by atoms with van der Waals surface area (Å²) in [4.78, 5) is 0. The molecule has 0 amide bonds. The fourth-order valence-corrected chi connectivity index (χ4v) is 2.55. The topological polar surface area (TPSA) is 54.7 Å². The number of hydrogen-bond donors (Lipinski definition) is 2. The third kappa shape index (κ3) is 1.53. The van der Waals surface area contributed by atoms with E-state index < -0.39 is 0 Å². The fourth-order valence-electron chi connectivity index (χ4n) is 2.55. The minimum absolute atomic E-state index is 0.118. The molecule has 82 valence electrons. The van der Waals surface area contributed by atoms with Crippen LogP contribution in [-0.2, 0) is 6.42 Å². The third-order valence-electron chi connectivity index (χ3n) is 3.41. The summed E-state index contributed by atoms with van der Waals surface area (Å²) in [6, 6.07) is 10.7. The number of H-pyrrole nitrogens is 1. The molecule has 3 rings (SSSR count). The number of nitrogens with two attached hydrogens (primary N) is 1. The van der Waals surface area contributed by atoms with Crippen molar-refractivity contribution >= 4 is 0 Å². The van der Waals surface area contributed by atoms with Gasteiger partial charge in [0.2, 0.25) is 0 Å². The van der Waals surface area contributed by atoms with Crippen molar-refractivity contribution in [2.24, 2.45) is 5.73 Å². The second kappa shape index (κ2) is 3.76. The van der Waals surface area contributed by atoms with Crippen LogP contribution in [0.5, 0.6) is 0 Å². The minimum Gasteiger partial charge on any atom is -0.324 e. The Morgan fingerprint density at radius 2 is 2.06 bits per heavy atom. The van der Waals surface area contributed by atoms with E-state index in [2.05, 4.69) is 34.5 Å². The fraction of sp³-hybridized carbons (Fsp3) is 0.308. The van der Waals surface area contributed by atoms with E-state index in [1.54, 1.807) is 0 Å². The first-order valence-electron chi connectivity index (χ1n) is 5.67. The zero-order chi connectivity index (χ0) is 11.0. The Morgan fingerprint density at radius 3 is 2.88 bits per heavy atom. The standard InChI is InChI=1S/C13H15N3/c14-12-6-10(9-4-2-1-3-5-9)7-13-11(12)8-15-16-13/h1-5,8,10,12H,6-7,14H2,(H,15,16). The van der Waals surface area contributed by atoms with Crippen LogP contribution < -0.4 is 5.73 Å². The van der Waals surface area contributed by atoms with Gasteiger partial charge in [0.1, 0.15) is 0 Å². The monoisotopic (exact) mass is 213 g/mol. The van der Waals surface area contributed by atoms with Gasteiger partial charge in [0.25, 0.3) is 0 Å². The summed E-state index contributed by atoms with van der Waals surface area (Å²) >= 11 is 0. The van der Waals surface area contributed by atoms with Gasteiger partial charge in [0, 0.05) is 17.3 Å². The van der Waals surface area contributed by atoms with E-state index in [9.17, 15) is 0 Å². The highest BCUT2D eigenvalue weighted by Gasteiger charge is 2.26. The minimum atomic E-state index is 0.118. The third-order valence-corrected chi connectivity index (χ3v) is 3.41. The lowest BCUT2D eigenvalue weighted by atomic mass is 9.81. The van der Waals surface area contributed by atoms with E-state index in [0.717, 1.165) is 12.8 Å². The maximum absolute atomic E-state index is 6.16. The average Bonchev–Trinajstić information content (AvgIpc) is 2.79. The zero-order valence-corrected chi connectivity index (χ0v) is 9.06. The van der Waals surface area contributed by atoms with Gasteiger partial charge in [-0.2, -0.15) is 5.10 Å². The highest BCUT2D eigenvalue weighted by molar-refractivity contribution is 5.30. The number of benzene rings is 1. The van der Waals surface area contributed by atoms with Gasteiger partial charge in [-0.15, -0.1) is 0 Å². The van der Waals surface area contributed by atoms with Crippen molar-refractivity contribution in [3.63, 3.8) is 0 Å². The molecule has 1 aliphatic rings. The summed E-state index contributed by atoms with van der Waals surface area (Å²) in [6.07, 6.45) is 3.89. The Hall–Kier alpha value is -1.61. The molecular formula is C13H15N3. The molecule has 2 unspecified atom stereocenters. The first kappa shape index (κ1) is 9.60. The Labute approximate surface area is 94.7 Å². The molecule has 1 heterocycles. The smallest absolute Gasteiger partial charge is 0.0537 e. The van der Waals surface area contributed by atoms with Gasteiger partial charge >= 0.3 is 0 Å². The molecule has 2 atom stereocenters. The van der Waals surface area contributed by atoms with Crippen molar-refractivity contribution in [1.29, 1.82) is 0 Å². The first-order chi connectivity index (χ1) is 7.84. The number of nitrogens with one attached hydrogen (secondary N) is 1. The van der Waals surface area contributed by atoms with Gasteiger partial charge in [-0.25, -0.2) is 0 Å². The second-order valence-corrected chi connectivity index (χ2v) is 4.46. The Morgan fingerprint density at radius 1 is 1.25 bits per heavy atom. The molecule has 0 spiro atoms. The highest BCUT2D eigenvalue weighted by atomic mass is 15.1. The summed E-state index contributed by atoms with van der Waals surface area (Å²) in [5.41, 5.74) is 9.92. The summed E-state index contributed by atoms with van der Waals surface area (Å²) in [5, 5.41) is 7.14. The predicted octanol–water partition coefficient (Wildman–Crippen LogP) is 2.14. The summed E-state index contributed by atoms with van der Waals surface area (Å²) in [5.74, 6) is 0.518. The molecular weight excluding hydrogens is 198 g/mol. The molecule has 0 bridgehead atoms. The van der Waals surface area contributed by atoms with Gasteiger partial charge in [-0.3, -0.25) is 5.10 Å². The number of nitrogens with zero attached hydrogens (tertiary/aromatic N) is 1. The van der Waals surface area contributed by atoms with Gasteiger partial charge in [0.15, 0.2) is 0 Å². The SMILES string of the molecule is NC1CC(c2ccccc2)Cc2[nH]ncc21. The number of fused-ring (bicyclic) bond motifs is 1. The molecule has 1 aliphatic carbocycles. The van der Waals surface area contributed by atoms with Crippen molar-refractivity contribution < 1.29 is 0 Å². The number of aromatic amines is 1. The van der Waals surface area contributed by atoms with E-state index in [1.165, 1.54) is 16.8 Å². The molecule has 16 heavy (non-hydrogen) atoms. The van der Waals surface area contributed by atoms with Gasteiger partial charge in [-0.05, 0) is 24.3 Å². The number of rotatable bonds is 1. The van der Waals surface area contributed by atoms with Crippen LogP contribution in [0.1, 0.15) is 35.2 Å². The molecule has 3 heteroatoms. The van der Waals surface area contributed by atoms with Crippen molar-refractivity contribution in [3.05, 3.63) is 53.3 Å². The van der Waals surface area contributed by atoms with E-state index in [0.29, 0.717) is 5.92 Å². The molecule has 0 saturated carbocycles. The molecule has 2 aromatic rings. The van der Waals surface area contributed by atoms with Crippen LogP contribution in [-0.4, -0.2) is 10.2 Å². The molecule has 0 fully saturated rings. The molecule has 0 radical (unpaired) electrons. The summed E-state index contributed by atoms with van der Waals surface area (Å²) in [6.45, 7) is 0. The van der Waals surface area contributed by atoms with Crippen LogP contribution in [0.25, 0.3) is 0 Å². The quantitative estimate of drug-likeness (QED) is 0.762. The molecule has 3 N–H and O–H groups in total.